The van der Waals surface area contributed by atoms with Crippen LogP contribution in [0.4, 0.5) is 29.1 Å². The van der Waals surface area contributed by atoms with E-state index in [0.717, 1.165) is 12.3 Å². The van der Waals surface area contributed by atoms with Gasteiger partial charge in [0.2, 0.25) is 18.3 Å². The number of anilines is 2. The zero-order valence-electron chi connectivity index (χ0n) is 18.8. The molecule has 2 aromatic heterocycles. The first-order chi connectivity index (χ1) is 16.8. The van der Waals surface area contributed by atoms with Crippen molar-refractivity contribution < 1.29 is 27.2 Å². The number of piperazine rings is 1. The molecule has 0 aliphatic carbocycles. The van der Waals surface area contributed by atoms with E-state index in [0.29, 0.717) is 80.8 Å². The lowest BCUT2D eigenvalue weighted by Gasteiger charge is -2.35. The van der Waals surface area contributed by atoms with Crippen LogP contribution in [0.25, 0.3) is 10.9 Å². The molecule has 1 N–H and O–H groups in total. The number of alkyl halides is 3. The molecule has 0 atom stereocenters. The van der Waals surface area contributed by atoms with E-state index in [4.69, 9.17) is 0 Å². The minimum absolute atomic E-state index is 0.0198. The average Bonchev–Trinajstić information content (AvgIpc) is 3.18. The van der Waals surface area contributed by atoms with Crippen LogP contribution in [0.15, 0.2) is 36.5 Å². The second-order valence-electron chi connectivity index (χ2n) is 8.21. The fraction of sp³-hybridized carbons (Fsp3) is 0.391. The molecule has 1 saturated heterocycles. The van der Waals surface area contributed by atoms with Gasteiger partial charge in [-0.1, -0.05) is 6.07 Å². The van der Waals surface area contributed by atoms with Gasteiger partial charge in [0.1, 0.15) is 11.3 Å². The molecule has 1 aliphatic heterocycles. The first-order valence-electron chi connectivity index (χ1n) is 11.2. The van der Waals surface area contributed by atoms with Crippen molar-refractivity contribution in [1.82, 2.24) is 19.7 Å². The lowest BCUT2D eigenvalue weighted by molar-refractivity contribution is -0.138. The highest BCUT2D eigenvalue weighted by Crippen LogP contribution is 2.29. The molecule has 1 fully saturated rings. The van der Waals surface area contributed by atoms with Gasteiger partial charge >= 0.3 is 6.18 Å². The fourth-order valence-electron chi connectivity index (χ4n) is 4.07. The number of pyridine rings is 1. The van der Waals surface area contributed by atoms with Crippen molar-refractivity contribution in [1.29, 1.82) is 0 Å². The Labute approximate surface area is 198 Å². The molecular formula is C23H24F4N6O2. The maximum absolute atomic E-state index is 14.6. The summed E-state index contributed by atoms with van der Waals surface area (Å²) < 4.78 is 54.0. The van der Waals surface area contributed by atoms with Crippen molar-refractivity contribution in [2.75, 3.05) is 36.4 Å². The Hall–Kier alpha value is -3.70. The number of hydrogen-bond acceptors (Lipinski definition) is 5. The number of halogens is 4. The number of amides is 2. The van der Waals surface area contributed by atoms with Crippen LogP contribution in [0.1, 0.15) is 24.8 Å². The highest BCUT2D eigenvalue weighted by molar-refractivity contribution is 5.94. The summed E-state index contributed by atoms with van der Waals surface area (Å²) in [5.41, 5.74) is 0.000717. The molecule has 8 nitrogen and oxygen atoms in total. The van der Waals surface area contributed by atoms with E-state index in [9.17, 15) is 27.2 Å². The second kappa shape index (κ2) is 10.3. The number of carbonyl (C=O) groups is 2. The van der Waals surface area contributed by atoms with Gasteiger partial charge in [0.25, 0.3) is 0 Å². The van der Waals surface area contributed by atoms with Crippen molar-refractivity contribution in [3.05, 3.63) is 48.0 Å². The Kier molecular flexibility index (Phi) is 7.17. The number of aromatic nitrogens is 3. The number of benzene rings is 1. The van der Waals surface area contributed by atoms with Gasteiger partial charge in [-0.05, 0) is 37.1 Å². The van der Waals surface area contributed by atoms with Gasteiger partial charge in [0, 0.05) is 45.3 Å². The molecule has 0 saturated carbocycles. The lowest BCUT2D eigenvalue weighted by Crippen LogP contribution is -2.49. The van der Waals surface area contributed by atoms with Gasteiger partial charge in [-0.3, -0.25) is 9.59 Å². The summed E-state index contributed by atoms with van der Waals surface area (Å²) in [6.45, 7) is 2.15. The molecule has 2 amide bonds. The molecule has 0 spiro atoms. The zero-order chi connectivity index (χ0) is 25.0. The normalized spacial score (nSPS) is 14.4. The maximum atomic E-state index is 14.6. The number of rotatable bonds is 8. The standard InChI is InChI=1S/C23H24F4N6O2/c24-22-17-4-3-5-18(29-15-34)21(17)30-33(22)9-2-1-6-20(35)32-12-10-31(11-13-32)19-8-7-16(14-28-19)23(25,26)27/h3-5,7-8,14-15H,1-2,6,9-13H2,(H,29,34). The van der Waals surface area contributed by atoms with Crippen molar-refractivity contribution in [2.24, 2.45) is 0 Å². The molecule has 3 aromatic rings. The summed E-state index contributed by atoms with van der Waals surface area (Å²) in [6, 6.07) is 7.21. The molecule has 12 heteroatoms. The number of aryl methyl sites for hydroxylation is 1. The number of carbonyl (C=O) groups excluding carboxylic acids is 2. The van der Waals surface area contributed by atoms with E-state index in [-0.39, 0.29) is 5.91 Å². The van der Waals surface area contributed by atoms with Crippen LogP contribution in [-0.4, -0.2) is 58.2 Å². The fourth-order valence-corrected chi connectivity index (χ4v) is 4.07. The SMILES string of the molecule is O=CNc1cccc2c(F)n(CCCCC(=O)N3CCN(c4ccc(C(F)(F)F)cn4)CC3)nc12. The van der Waals surface area contributed by atoms with E-state index in [1.54, 1.807) is 23.1 Å². The quantitative estimate of drug-likeness (QED) is 0.295. The van der Waals surface area contributed by atoms with Crippen LogP contribution in [0.5, 0.6) is 0 Å². The average molecular weight is 492 g/mol. The molecule has 4 rings (SSSR count). The number of unbranched alkanes of at least 4 members (excludes halogenated alkanes) is 1. The van der Waals surface area contributed by atoms with E-state index in [2.05, 4.69) is 15.4 Å². The first-order valence-corrected chi connectivity index (χ1v) is 11.2. The topological polar surface area (TPSA) is 83.4 Å². The Bertz CT molecular complexity index is 1190. The summed E-state index contributed by atoms with van der Waals surface area (Å²) in [4.78, 5) is 30.8. The lowest BCUT2D eigenvalue weighted by atomic mass is 10.2. The van der Waals surface area contributed by atoms with Crippen LogP contribution < -0.4 is 10.2 Å². The van der Waals surface area contributed by atoms with E-state index in [1.807, 2.05) is 4.90 Å². The number of nitrogens with zero attached hydrogens (tertiary/aromatic N) is 5. The summed E-state index contributed by atoms with van der Waals surface area (Å²) in [5, 5.41) is 7.06. The molecule has 0 unspecified atom stereocenters. The molecule has 1 aromatic carbocycles. The number of fused-ring (bicyclic) bond motifs is 1. The van der Waals surface area contributed by atoms with Gasteiger partial charge < -0.3 is 15.1 Å². The summed E-state index contributed by atoms with van der Waals surface area (Å²) in [6.07, 6.45) is -1.70. The monoisotopic (exact) mass is 492 g/mol. The minimum atomic E-state index is -4.43. The Morgan fingerprint density at radius 2 is 1.86 bits per heavy atom. The summed E-state index contributed by atoms with van der Waals surface area (Å²) in [5.74, 6) is -0.0623. The van der Waals surface area contributed by atoms with Crippen molar-refractivity contribution >= 4 is 34.7 Å². The molecular weight excluding hydrogens is 468 g/mol. The van der Waals surface area contributed by atoms with Gasteiger partial charge in [-0.2, -0.15) is 22.7 Å². The summed E-state index contributed by atoms with van der Waals surface area (Å²) >= 11 is 0. The third-order valence-electron chi connectivity index (χ3n) is 5.96. The highest BCUT2D eigenvalue weighted by atomic mass is 19.4. The third kappa shape index (κ3) is 5.52. The predicted molar refractivity (Wildman–Crippen MR) is 121 cm³/mol. The minimum Gasteiger partial charge on any atom is -0.353 e. The molecule has 0 radical (unpaired) electrons. The smallest absolute Gasteiger partial charge is 0.353 e. The van der Waals surface area contributed by atoms with Gasteiger partial charge in [-0.25, -0.2) is 9.67 Å². The van der Waals surface area contributed by atoms with Gasteiger partial charge in [0.15, 0.2) is 0 Å². The Morgan fingerprint density at radius 1 is 1.09 bits per heavy atom. The van der Waals surface area contributed by atoms with Crippen LogP contribution in [0.3, 0.4) is 0 Å². The first kappa shape index (κ1) is 24.4. The largest absolute Gasteiger partial charge is 0.417 e. The van der Waals surface area contributed by atoms with Gasteiger partial charge in [0.05, 0.1) is 16.6 Å². The predicted octanol–water partition coefficient (Wildman–Crippen LogP) is 3.68. The zero-order valence-corrected chi connectivity index (χ0v) is 18.8. The van der Waals surface area contributed by atoms with Gasteiger partial charge in [-0.15, -0.1) is 0 Å². The maximum Gasteiger partial charge on any atom is 0.417 e. The van der Waals surface area contributed by atoms with Crippen LogP contribution in [0, 0.1) is 5.95 Å². The highest BCUT2D eigenvalue weighted by Gasteiger charge is 2.31. The molecule has 0 bridgehead atoms. The summed E-state index contributed by atoms with van der Waals surface area (Å²) in [7, 11) is 0. The van der Waals surface area contributed by atoms with Crippen LogP contribution >= 0.6 is 0 Å². The Balaban J connectivity index is 1.23. The van der Waals surface area contributed by atoms with E-state index in [1.165, 1.54) is 10.7 Å². The number of hydrogen-bond donors (Lipinski definition) is 1. The Morgan fingerprint density at radius 3 is 2.51 bits per heavy atom. The van der Waals surface area contributed by atoms with E-state index >= 15 is 0 Å². The van der Waals surface area contributed by atoms with Crippen LogP contribution in [0.2, 0.25) is 0 Å². The van der Waals surface area contributed by atoms with E-state index < -0.39 is 17.7 Å². The third-order valence-corrected chi connectivity index (χ3v) is 5.96. The molecule has 35 heavy (non-hydrogen) atoms. The van der Waals surface area contributed by atoms with Crippen molar-refractivity contribution in [3.63, 3.8) is 0 Å². The second-order valence-corrected chi connectivity index (χ2v) is 8.21. The molecule has 186 valence electrons. The van der Waals surface area contributed by atoms with Crippen molar-refractivity contribution in [2.45, 2.75) is 32.0 Å². The van der Waals surface area contributed by atoms with Crippen molar-refractivity contribution in [3.8, 4) is 0 Å². The molecule has 3 heterocycles. The molecule has 1 aliphatic rings. The van der Waals surface area contributed by atoms with Crippen LogP contribution in [-0.2, 0) is 22.3 Å². The number of nitrogens with one attached hydrogen (secondary N) is 1.